The molecule has 1 aromatic heterocycles. The van der Waals surface area contributed by atoms with Gasteiger partial charge in [-0.05, 0) is 22.2 Å². The van der Waals surface area contributed by atoms with E-state index >= 15 is 0 Å². The second kappa shape index (κ2) is 7.72. The van der Waals surface area contributed by atoms with Gasteiger partial charge in [-0.15, -0.1) is 0 Å². The van der Waals surface area contributed by atoms with Gasteiger partial charge >= 0.3 is 5.82 Å². The van der Waals surface area contributed by atoms with Crippen LogP contribution >= 0.6 is 0 Å². The third kappa shape index (κ3) is 5.14. The van der Waals surface area contributed by atoms with E-state index in [1.807, 2.05) is 13.8 Å². The van der Waals surface area contributed by atoms with E-state index in [4.69, 9.17) is 5.11 Å². The molecule has 1 unspecified atom stereocenters. The average Bonchev–Trinajstić information content (AvgIpc) is 2.77. The number of nitro groups is 1. The number of aryl methyl sites for hydroxylation is 2. The summed E-state index contributed by atoms with van der Waals surface area (Å²) in [6.45, 7) is 5.97. The Bertz CT molecular complexity index is 498. The lowest BCUT2D eigenvalue weighted by Gasteiger charge is -2.21. The number of aliphatic hydroxyl groups excluding tert-OH is 1. The van der Waals surface area contributed by atoms with E-state index in [-0.39, 0.29) is 36.7 Å². The molecule has 0 fully saturated rings. The van der Waals surface area contributed by atoms with Crippen molar-refractivity contribution < 1.29 is 14.8 Å². The van der Waals surface area contributed by atoms with Gasteiger partial charge in [-0.25, -0.2) is 0 Å². The number of amides is 1. The number of hydrogen-bond acceptors (Lipinski definition) is 5. The van der Waals surface area contributed by atoms with Crippen LogP contribution in [0.15, 0.2) is 6.20 Å². The molecule has 0 spiro atoms. The molecule has 0 aliphatic rings. The van der Waals surface area contributed by atoms with Crippen LogP contribution < -0.4 is 5.32 Å². The lowest BCUT2D eigenvalue weighted by Crippen LogP contribution is -2.39. The van der Waals surface area contributed by atoms with Crippen molar-refractivity contribution in [2.75, 3.05) is 6.61 Å². The standard InChI is InChI=1S/C13H22N4O4/c1-9(2)11(5-7-18)15-13(19)4-6-16-8-12(17(20)21)14-10(16)3/h8-9,11,18H,4-7H2,1-3H3,(H,15,19). The van der Waals surface area contributed by atoms with Crippen LogP contribution in [-0.2, 0) is 11.3 Å². The highest BCUT2D eigenvalue weighted by Crippen LogP contribution is 2.11. The predicted molar refractivity (Wildman–Crippen MR) is 76.7 cm³/mol. The molecular formula is C13H22N4O4. The van der Waals surface area contributed by atoms with Crippen LogP contribution in [0.2, 0.25) is 0 Å². The molecule has 0 bridgehead atoms. The van der Waals surface area contributed by atoms with Crippen molar-refractivity contribution >= 4 is 11.7 Å². The maximum absolute atomic E-state index is 11.9. The van der Waals surface area contributed by atoms with Gasteiger partial charge in [-0.2, -0.15) is 0 Å². The highest BCUT2D eigenvalue weighted by atomic mass is 16.6. The monoisotopic (exact) mass is 298 g/mol. The number of carbonyl (C=O) groups is 1. The number of nitrogens with one attached hydrogen (secondary N) is 1. The molecule has 0 saturated heterocycles. The topological polar surface area (TPSA) is 110 Å². The molecule has 1 heterocycles. The number of aromatic nitrogens is 2. The van der Waals surface area contributed by atoms with Crippen molar-refractivity contribution in [3.05, 3.63) is 22.1 Å². The second-order valence-electron chi connectivity index (χ2n) is 5.28. The molecule has 0 saturated carbocycles. The Balaban J connectivity index is 2.54. The smallest absolute Gasteiger partial charge is 0.381 e. The summed E-state index contributed by atoms with van der Waals surface area (Å²) in [5, 5.41) is 22.5. The van der Waals surface area contributed by atoms with Gasteiger partial charge in [-0.1, -0.05) is 13.8 Å². The summed E-state index contributed by atoms with van der Waals surface area (Å²) in [7, 11) is 0. The quantitative estimate of drug-likeness (QED) is 0.550. The Kier molecular flexibility index (Phi) is 6.29. The van der Waals surface area contributed by atoms with Crippen molar-refractivity contribution in [3.8, 4) is 0 Å². The number of aliphatic hydroxyl groups is 1. The minimum Gasteiger partial charge on any atom is -0.396 e. The zero-order valence-electron chi connectivity index (χ0n) is 12.6. The first-order valence-corrected chi connectivity index (χ1v) is 6.93. The summed E-state index contributed by atoms with van der Waals surface area (Å²) in [4.78, 5) is 25.8. The molecule has 8 nitrogen and oxygen atoms in total. The third-order valence-corrected chi connectivity index (χ3v) is 3.32. The van der Waals surface area contributed by atoms with Gasteiger partial charge in [0.25, 0.3) is 0 Å². The third-order valence-electron chi connectivity index (χ3n) is 3.32. The van der Waals surface area contributed by atoms with E-state index in [2.05, 4.69) is 10.3 Å². The van der Waals surface area contributed by atoms with Gasteiger partial charge < -0.3 is 25.1 Å². The van der Waals surface area contributed by atoms with E-state index in [0.29, 0.717) is 18.8 Å². The van der Waals surface area contributed by atoms with E-state index in [0.717, 1.165) is 0 Å². The maximum atomic E-state index is 11.9. The normalized spacial score (nSPS) is 12.4. The molecule has 0 radical (unpaired) electrons. The number of carbonyl (C=O) groups excluding carboxylic acids is 1. The van der Waals surface area contributed by atoms with Gasteiger partial charge in [0, 0.05) is 32.5 Å². The molecular weight excluding hydrogens is 276 g/mol. The summed E-state index contributed by atoms with van der Waals surface area (Å²) < 4.78 is 1.59. The minimum atomic E-state index is -0.556. The molecule has 1 rings (SSSR count). The first-order chi connectivity index (χ1) is 9.85. The highest BCUT2D eigenvalue weighted by Gasteiger charge is 2.18. The lowest BCUT2D eigenvalue weighted by molar-refractivity contribution is -0.389. The molecule has 0 aromatic carbocycles. The number of hydrogen-bond donors (Lipinski definition) is 2. The molecule has 0 aliphatic carbocycles. The van der Waals surface area contributed by atoms with Crippen LogP contribution in [0.1, 0.15) is 32.5 Å². The zero-order valence-corrected chi connectivity index (χ0v) is 12.6. The fourth-order valence-electron chi connectivity index (χ4n) is 2.02. The number of rotatable bonds is 8. The molecule has 1 aromatic rings. The second-order valence-corrected chi connectivity index (χ2v) is 5.28. The summed E-state index contributed by atoms with van der Waals surface area (Å²) in [5.74, 6) is 0.383. The SMILES string of the molecule is Cc1nc([N+](=O)[O-])cn1CCC(=O)NC(CCO)C(C)C. The average molecular weight is 298 g/mol. The van der Waals surface area contributed by atoms with E-state index in [1.54, 1.807) is 11.5 Å². The Labute approximate surface area is 123 Å². The summed E-state index contributed by atoms with van der Waals surface area (Å²) >= 11 is 0. The van der Waals surface area contributed by atoms with Gasteiger partial charge in [0.05, 0.1) is 0 Å². The van der Waals surface area contributed by atoms with Crippen LogP contribution in [0.25, 0.3) is 0 Å². The number of nitrogens with zero attached hydrogens (tertiary/aromatic N) is 3. The predicted octanol–water partition coefficient (Wildman–Crippen LogP) is 1.01. The van der Waals surface area contributed by atoms with Crippen molar-refractivity contribution in [3.63, 3.8) is 0 Å². The van der Waals surface area contributed by atoms with Crippen molar-refractivity contribution in [2.24, 2.45) is 5.92 Å². The first kappa shape index (κ1) is 17.1. The molecule has 21 heavy (non-hydrogen) atoms. The largest absolute Gasteiger partial charge is 0.396 e. The van der Waals surface area contributed by atoms with Gasteiger partial charge in [-0.3, -0.25) is 4.79 Å². The van der Waals surface area contributed by atoms with Gasteiger partial charge in [0.1, 0.15) is 6.20 Å². The Morgan fingerprint density at radius 1 is 1.57 bits per heavy atom. The highest BCUT2D eigenvalue weighted by molar-refractivity contribution is 5.76. The van der Waals surface area contributed by atoms with Crippen LogP contribution in [-0.4, -0.2) is 38.1 Å². The molecule has 1 amide bonds. The Morgan fingerprint density at radius 3 is 2.71 bits per heavy atom. The lowest BCUT2D eigenvalue weighted by atomic mass is 10.0. The molecule has 118 valence electrons. The summed E-state index contributed by atoms with van der Waals surface area (Å²) in [6, 6.07) is -0.0688. The Morgan fingerprint density at radius 2 is 2.24 bits per heavy atom. The van der Waals surface area contributed by atoms with Crippen LogP contribution in [0.4, 0.5) is 5.82 Å². The first-order valence-electron chi connectivity index (χ1n) is 6.93. The molecule has 1 atom stereocenters. The van der Waals surface area contributed by atoms with E-state index in [9.17, 15) is 14.9 Å². The van der Waals surface area contributed by atoms with Crippen molar-refractivity contribution in [2.45, 2.75) is 46.2 Å². The van der Waals surface area contributed by atoms with E-state index in [1.165, 1.54) is 6.20 Å². The molecule has 0 aliphatic heterocycles. The molecule has 8 heteroatoms. The summed E-state index contributed by atoms with van der Waals surface area (Å²) in [6.07, 6.45) is 2.05. The van der Waals surface area contributed by atoms with Crippen LogP contribution in [0.3, 0.4) is 0 Å². The fourth-order valence-corrected chi connectivity index (χ4v) is 2.02. The van der Waals surface area contributed by atoms with Crippen LogP contribution in [0, 0.1) is 23.0 Å². The van der Waals surface area contributed by atoms with Gasteiger partial charge in [0.2, 0.25) is 11.7 Å². The van der Waals surface area contributed by atoms with Crippen molar-refractivity contribution in [1.82, 2.24) is 14.9 Å². The van der Waals surface area contributed by atoms with Gasteiger partial charge in [0.15, 0.2) is 0 Å². The molecule has 2 N–H and O–H groups in total. The number of imidazole rings is 1. The van der Waals surface area contributed by atoms with Crippen LogP contribution in [0.5, 0.6) is 0 Å². The minimum absolute atomic E-state index is 0.0238. The van der Waals surface area contributed by atoms with Crippen molar-refractivity contribution in [1.29, 1.82) is 0 Å². The maximum Gasteiger partial charge on any atom is 0.381 e. The summed E-state index contributed by atoms with van der Waals surface area (Å²) in [5.41, 5.74) is 0. The zero-order chi connectivity index (χ0) is 16.0. The Hall–Kier alpha value is -1.96. The fraction of sp³-hybridized carbons (Fsp3) is 0.692. The van der Waals surface area contributed by atoms with E-state index < -0.39 is 4.92 Å².